The summed E-state index contributed by atoms with van der Waals surface area (Å²) in [6, 6.07) is 3.24. The zero-order valence-corrected chi connectivity index (χ0v) is 18.6. The van der Waals surface area contributed by atoms with Crippen molar-refractivity contribution in [3.63, 3.8) is 0 Å². The molecule has 0 aliphatic heterocycles. The van der Waals surface area contributed by atoms with Crippen LogP contribution in [0.1, 0.15) is 103 Å². The smallest absolute Gasteiger partial charge is 0.309 e. The number of hydrogen-bond acceptors (Lipinski definition) is 3. The molecule has 0 atom stereocenters. The van der Waals surface area contributed by atoms with Crippen molar-refractivity contribution >= 4 is 5.97 Å². The topological polar surface area (TPSA) is 77.8 Å². The predicted octanol–water partition coefficient (Wildman–Crippen LogP) is 6.60. The molecular formula is C25H40O4. The Bertz CT molecular complexity index is 668. The Morgan fingerprint density at radius 3 is 2.17 bits per heavy atom. The number of rotatable bonds is 13. The van der Waals surface area contributed by atoms with Crippen LogP contribution in [0, 0.1) is 10.8 Å². The van der Waals surface area contributed by atoms with Crippen molar-refractivity contribution in [1.29, 1.82) is 0 Å². The number of aromatic hydroxyl groups is 2. The van der Waals surface area contributed by atoms with Gasteiger partial charge in [0.05, 0.1) is 5.41 Å². The van der Waals surface area contributed by atoms with Crippen LogP contribution in [0.3, 0.4) is 0 Å². The number of phenolic OH excluding ortho intramolecular Hbond substituents is 2. The molecule has 1 fully saturated rings. The van der Waals surface area contributed by atoms with Crippen molar-refractivity contribution in [2.24, 2.45) is 10.8 Å². The van der Waals surface area contributed by atoms with Crippen LogP contribution in [0.5, 0.6) is 11.5 Å². The molecule has 164 valence electrons. The van der Waals surface area contributed by atoms with E-state index in [1.165, 1.54) is 31.7 Å². The SMILES string of the molecule is CC(C)(C)CCCCCCc1cc(O)cc(O)c1CCCCCC1(C(=O)O)CC1. The van der Waals surface area contributed by atoms with Gasteiger partial charge in [-0.05, 0) is 74.0 Å². The number of aryl methyl sites for hydroxylation is 1. The van der Waals surface area contributed by atoms with Crippen molar-refractivity contribution in [2.45, 2.75) is 104 Å². The lowest BCUT2D eigenvalue weighted by Crippen LogP contribution is -2.14. The predicted molar refractivity (Wildman–Crippen MR) is 117 cm³/mol. The van der Waals surface area contributed by atoms with E-state index in [1.54, 1.807) is 6.07 Å². The minimum atomic E-state index is -0.640. The molecule has 0 aromatic heterocycles. The van der Waals surface area contributed by atoms with Crippen LogP contribution in [0.2, 0.25) is 0 Å². The first-order chi connectivity index (χ1) is 13.6. The summed E-state index contributed by atoms with van der Waals surface area (Å²) in [7, 11) is 0. The van der Waals surface area contributed by atoms with E-state index < -0.39 is 11.4 Å². The minimum absolute atomic E-state index is 0.131. The lowest BCUT2D eigenvalue weighted by molar-refractivity contribution is -0.143. The number of carboxylic acid groups (broad SMARTS) is 1. The number of phenols is 2. The Balaban J connectivity index is 1.76. The number of carboxylic acids is 1. The maximum atomic E-state index is 11.2. The minimum Gasteiger partial charge on any atom is -0.508 e. The Morgan fingerprint density at radius 2 is 1.55 bits per heavy atom. The molecule has 1 aromatic carbocycles. The second-order valence-corrected chi connectivity index (χ2v) is 10.2. The van der Waals surface area contributed by atoms with Crippen LogP contribution in [0.4, 0.5) is 0 Å². The lowest BCUT2D eigenvalue weighted by atomic mass is 9.89. The van der Waals surface area contributed by atoms with Gasteiger partial charge in [-0.25, -0.2) is 0 Å². The molecule has 4 heteroatoms. The molecule has 0 saturated heterocycles. The number of carbonyl (C=O) groups is 1. The Labute approximate surface area is 176 Å². The van der Waals surface area contributed by atoms with Gasteiger partial charge in [0.1, 0.15) is 11.5 Å². The molecule has 1 aromatic rings. The van der Waals surface area contributed by atoms with E-state index in [1.807, 2.05) is 0 Å². The van der Waals surface area contributed by atoms with Crippen LogP contribution in [0.15, 0.2) is 12.1 Å². The normalized spacial score (nSPS) is 15.4. The third-order valence-electron chi connectivity index (χ3n) is 6.32. The van der Waals surface area contributed by atoms with Gasteiger partial charge in [0.2, 0.25) is 0 Å². The first kappa shape index (κ1) is 23.6. The average Bonchev–Trinajstić information content (AvgIpc) is 3.39. The summed E-state index contributed by atoms with van der Waals surface area (Å²) in [6.07, 6.45) is 12.9. The molecule has 0 spiro atoms. The van der Waals surface area contributed by atoms with Gasteiger partial charge in [-0.2, -0.15) is 0 Å². The Kier molecular flexibility index (Phi) is 8.42. The Hall–Kier alpha value is -1.71. The highest BCUT2D eigenvalue weighted by Gasteiger charge is 2.49. The number of aliphatic carboxylic acids is 1. The summed E-state index contributed by atoms with van der Waals surface area (Å²) in [6.45, 7) is 6.84. The van der Waals surface area contributed by atoms with Crippen molar-refractivity contribution in [1.82, 2.24) is 0 Å². The molecule has 0 heterocycles. The van der Waals surface area contributed by atoms with Gasteiger partial charge in [-0.3, -0.25) is 4.79 Å². The number of unbranched alkanes of at least 4 members (excludes halogenated alkanes) is 5. The Morgan fingerprint density at radius 1 is 0.931 bits per heavy atom. The second-order valence-electron chi connectivity index (χ2n) is 10.2. The summed E-state index contributed by atoms with van der Waals surface area (Å²) in [5.74, 6) is -0.318. The zero-order valence-electron chi connectivity index (χ0n) is 18.6. The highest BCUT2D eigenvalue weighted by Crippen LogP contribution is 2.50. The summed E-state index contributed by atoms with van der Waals surface area (Å²) >= 11 is 0. The van der Waals surface area contributed by atoms with E-state index in [4.69, 9.17) is 0 Å². The summed E-state index contributed by atoms with van der Waals surface area (Å²) in [5, 5.41) is 29.5. The molecule has 1 aliphatic rings. The second kappa shape index (κ2) is 10.4. The fourth-order valence-corrected chi connectivity index (χ4v) is 4.20. The standard InChI is InChI=1S/C25H40O4/c1-24(2,3)13-9-5-4-7-11-19-17-20(26)18-22(27)21(19)12-8-6-10-14-25(15-16-25)23(28)29/h17-18,26-27H,4-16H2,1-3H3,(H,28,29). The van der Waals surface area contributed by atoms with Gasteiger partial charge >= 0.3 is 5.97 Å². The van der Waals surface area contributed by atoms with E-state index in [2.05, 4.69) is 20.8 Å². The van der Waals surface area contributed by atoms with Gasteiger partial charge in [0.15, 0.2) is 0 Å². The van der Waals surface area contributed by atoms with Crippen LogP contribution >= 0.6 is 0 Å². The zero-order chi connectivity index (χ0) is 21.5. The summed E-state index contributed by atoms with van der Waals surface area (Å²) < 4.78 is 0. The molecule has 0 bridgehead atoms. The summed E-state index contributed by atoms with van der Waals surface area (Å²) in [4.78, 5) is 11.2. The van der Waals surface area contributed by atoms with Crippen molar-refractivity contribution in [3.05, 3.63) is 23.3 Å². The monoisotopic (exact) mass is 404 g/mol. The molecule has 1 aliphatic carbocycles. The number of benzene rings is 1. The highest BCUT2D eigenvalue weighted by atomic mass is 16.4. The van der Waals surface area contributed by atoms with Crippen LogP contribution in [-0.4, -0.2) is 21.3 Å². The van der Waals surface area contributed by atoms with E-state index >= 15 is 0 Å². The molecule has 2 rings (SSSR count). The molecule has 3 N–H and O–H groups in total. The van der Waals surface area contributed by atoms with Crippen LogP contribution < -0.4 is 0 Å². The fourth-order valence-electron chi connectivity index (χ4n) is 4.20. The van der Waals surface area contributed by atoms with Gasteiger partial charge in [-0.15, -0.1) is 0 Å². The summed E-state index contributed by atoms with van der Waals surface area (Å²) in [5.41, 5.74) is 1.98. The van der Waals surface area contributed by atoms with E-state index in [-0.39, 0.29) is 11.5 Å². The van der Waals surface area contributed by atoms with Gasteiger partial charge in [-0.1, -0.05) is 52.9 Å². The quantitative estimate of drug-likeness (QED) is 0.323. The third kappa shape index (κ3) is 7.91. The van der Waals surface area contributed by atoms with Crippen molar-refractivity contribution in [3.8, 4) is 11.5 Å². The maximum absolute atomic E-state index is 11.2. The third-order valence-corrected chi connectivity index (χ3v) is 6.32. The molecule has 1 saturated carbocycles. The van der Waals surface area contributed by atoms with Crippen molar-refractivity contribution < 1.29 is 20.1 Å². The fraction of sp³-hybridized carbons (Fsp3) is 0.720. The highest BCUT2D eigenvalue weighted by molar-refractivity contribution is 5.77. The largest absolute Gasteiger partial charge is 0.508 e. The molecule has 29 heavy (non-hydrogen) atoms. The maximum Gasteiger partial charge on any atom is 0.309 e. The van der Waals surface area contributed by atoms with E-state index in [9.17, 15) is 20.1 Å². The van der Waals surface area contributed by atoms with E-state index in [0.29, 0.717) is 5.41 Å². The van der Waals surface area contributed by atoms with Crippen LogP contribution in [-0.2, 0) is 17.6 Å². The average molecular weight is 405 g/mol. The number of hydrogen-bond donors (Lipinski definition) is 3. The molecule has 4 nitrogen and oxygen atoms in total. The first-order valence-electron chi connectivity index (χ1n) is 11.4. The molecular weight excluding hydrogens is 364 g/mol. The van der Waals surface area contributed by atoms with Gasteiger partial charge < -0.3 is 15.3 Å². The lowest BCUT2D eigenvalue weighted by Gasteiger charge is -2.17. The van der Waals surface area contributed by atoms with E-state index in [0.717, 1.165) is 68.9 Å². The molecule has 0 unspecified atom stereocenters. The first-order valence-corrected chi connectivity index (χ1v) is 11.4. The van der Waals surface area contributed by atoms with Crippen LogP contribution in [0.25, 0.3) is 0 Å². The van der Waals surface area contributed by atoms with Crippen molar-refractivity contribution in [2.75, 3.05) is 0 Å². The molecule has 0 amide bonds. The molecule has 0 radical (unpaired) electrons. The van der Waals surface area contributed by atoms with Gasteiger partial charge in [0.25, 0.3) is 0 Å². The van der Waals surface area contributed by atoms with Gasteiger partial charge in [0, 0.05) is 6.07 Å².